The van der Waals surface area contributed by atoms with E-state index in [2.05, 4.69) is 34.3 Å². The summed E-state index contributed by atoms with van der Waals surface area (Å²) >= 11 is 0. The van der Waals surface area contributed by atoms with Crippen LogP contribution >= 0.6 is 23.5 Å². The Kier molecular flexibility index (Phi) is 54.8. The van der Waals surface area contributed by atoms with Gasteiger partial charge in [-0.15, -0.1) is 0 Å². The standard InChI is InChI=1S/3C10H23O4P.2Nd/c3*1-2-3-4-5-6-7-8-9-10-14-15(11,12)13;;/h3*2-10H2,1H3,(H2,11,12,13);;/q;;;2*+3/p-6. The van der Waals surface area contributed by atoms with Crippen LogP contribution in [0.1, 0.15) is 175 Å². The SMILES string of the molecule is CCCCCCCCCCOP(=O)([O-])[O-].CCCCCCCCCCOP(=O)([O-])[O-].CCCCCCCCCCOP(=O)([O-])[O-].[Nd+3].[Nd+3]. The van der Waals surface area contributed by atoms with E-state index in [0.717, 1.165) is 38.5 Å². The Bertz CT molecular complexity index is 642. The zero-order valence-electron chi connectivity index (χ0n) is 29.3. The number of rotatable bonds is 30. The van der Waals surface area contributed by atoms with Gasteiger partial charge in [0.05, 0.1) is 43.3 Å². The summed E-state index contributed by atoms with van der Waals surface area (Å²) < 4.78 is 42.6. The second-order valence-corrected chi connectivity index (χ2v) is 14.7. The predicted octanol–water partition coefficient (Wildman–Crippen LogP) is 5.92. The molecule has 0 spiro atoms. The van der Waals surface area contributed by atoms with Gasteiger partial charge in [-0.1, -0.05) is 156 Å². The Morgan fingerprint density at radius 3 is 0.617 bits per heavy atom. The van der Waals surface area contributed by atoms with Gasteiger partial charge in [-0.05, 0) is 19.3 Å². The van der Waals surface area contributed by atoms with Crippen molar-refractivity contribution in [3.05, 3.63) is 0 Å². The van der Waals surface area contributed by atoms with Crippen molar-refractivity contribution in [3.8, 4) is 0 Å². The van der Waals surface area contributed by atoms with Crippen molar-refractivity contribution >= 4 is 23.5 Å². The molecule has 0 aromatic carbocycles. The van der Waals surface area contributed by atoms with Crippen LogP contribution in [0.2, 0.25) is 0 Å². The molecule has 0 aliphatic carbocycles. The minimum absolute atomic E-state index is 0. The number of hydrogen-bond donors (Lipinski definition) is 0. The Labute approximate surface area is 352 Å². The van der Waals surface area contributed by atoms with Crippen molar-refractivity contribution in [2.24, 2.45) is 0 Å². The predicted molar refractivity (Wildman–Crippen MR) is 169 cm³/mol. The van der Waals surface area contributed by atoms with E-state index in [1.54, 1.807) is 0 Å². The zero-order valence-corrected chi connectivity index (χ0v) is 38.4. The summed E-state index contributed by atoms with van der Waals surface area (Å²) in [6, 6.07) is 0. The fraction of sp³-hybridized carbons (Fsp3) is 1.00. The maximum absolute atomic E-state index is 10.1. The molecule has 0 saturated carbocycles. The molecule has 0 N–H and O–H groups in total. The smallest absolute Gasteiger partial charge is 0.790 e. The molecule has 0 aliphatic heterocycles. The minimum Gasteiger partial charge on any atom is -0.790 e. The summed E-state index contributed by atoms with van der Waals surface area (Å²) in [6.45, 7) is 6.67. The van der Waals surface area contributed by atoms with Crippen LogP contribution in [0.15, 0.2) is 0 Å². The van der Waals surface area contributed by atoms with Crippen molar-refractivity contribution in [2.75, 3.05) is 19.8 Å². The molecule has 0 unspecified atom stereocenters. The van der Waals surface area contributed by atoms with E-state index in [-0.39, 0.29) is 101 Å². The van der Waals surface area contributed by atoms with Crippen molar-refractivity contribution in [1.82, 2.24) is 0 Å². The molecule has 47 heavy (non-hydrogen) atoms. The molecule has 0 aromatic heterocycles. The van der Waals surface area contributed by atoms with Crippen molar-refractivity contribution in [2.45, 2.75) is 175 Å². The van der Waals surface area contributed by atoms with Crippen molar-refractivity contribution < 1.29 is 138 Å². The van der Waals surface area contributed by atoms with Crippen LogP contribution in [-0.4, -0.2) is 19.8 Å². The molecule has 0 saturated heterocycles. The molecular weight excluding hydrogens is 934 g/mol. The third kappa shape index (κ3) is 71.2. The van der Waals surface area contributed by atoms with Crippen LogP contribution in [0.4, 0.5) is 0 Å². The molecule has 2 radical (unpaired) electrons. The summed E-state index contributed by atoms with van der Waals surface area (Å²) in [7, 11) is -14.2. The summed E-state index contributed by atoms with van der Waals surface area (Å²) in [6.07, 6.45) is 26.8. The van der Waals surface area contributed by atoms with Crippen molar-refractivity contribution in [3.63, 3.8) is 0 Å². The molecule has 0 heterocycles. The van der Waals surface area contributed by atoms with E-state index in [1.807, 2.05) is 0 Å². The molecule has 0 bridgehead atoms. The average molecular weight is 997 g/mol. The van der Waals surface area contributed by atoms with Gasteiger partial charge in [-0.25, -0.2) is 0 Å². The molecule has 0 atom stereocenters. The summed E-state index contributed by atoms with van der Waals surface area (Å²) in [5.41, 5.74) is 0. The van der Waals surface area contributed by atoms with E-state index < -0.39 is 23.5 Å². The normalized spacial score (nSPS) is 11.4. The molecule has 12 nitrogen and oxygen atoms in total. The molecule has 278 valence electrons. The fourth-order valence-electron chi connectivity index (χ4n) is 4.24. The van der Waals surface area contributed by atoms with Gasteiger partial charge in [0.1, 0.15) is 0 Å². The first kappa shape index (κ1) is 59.3. The fourth-order valence-corrected chi connectivity index (χ4v) is 5.30. The van der Waals surface area contributed by atoms with Crippen LogP contribution < -0.4 is 29.4 Å². The van der Waals surface area contributed by atoms with Gasteiger partial charge >= 0.3 is 81.7 Å². The van der Waals surface area contributed by atoms with E-state index in [1.165, 1.54) is 96.3 Å². The van der Waals surface area contributed by atoms with Crippen LogP contribution in [-0.2, 0) is 27.3 Å². The maximum atomic E-state index is 10.1. The minimum atomic E-state index is -4.74. The summed E-state index contributed by atoms with van der Waals surface area (Å²) in [4.78, 5) is 60.5. The average Bonchev–Trinajstić information content (AvgIpc) is 2.93. The van der Waals surface area contributed by atoms with E-state index >= 15 is 0 Å². The molecule has 17 heteroatoms. The summed E-state index contributed by atoms with van der Waals surface area (Å²) in [5, 5.41) is 0. The third-order valence-corrected chi connectivity index (χ3v) is 8.24. The summed E-state index contributed by atoms with van der Waals surface area (Å²) in [5.74, 6) is 0. The van der Waals surface area contributed by atoms with Crippen LogP contribution in [0.5, 0.6) is 0 Å². The Morgan fingerprint density at radius 2 is 0.468 bits per heavy atom. The topological polar surface area (TPSA) is 217 Å². The number of unbranched alkanes of at least 4 members (excludes halogenated alkanes) is 21. The van der Waals surface area contributed by atoms with Gasteiger partial charge in [0.2, 0.25) is 0 Å². The van der Waals surface area contributed by atoms with Gasteiger partial charge in [-0.3, -0.25) is 0 Å². The molecule has 0 rings (SSSR count). The van der Waals surface area contributed by atoms with Gasteiger partial charge < -0.3 is 56.6 Å². The number of phosphoric ester groups is 3. The monoisotopic (exact) mass is 992 g/mol. The molecule has 0 amide bonds. The van der Waals surface area contributed by atoms with Gasteiger partial charge in [0, 0.05) is 0 Å². The first-order valence-electron chi connectivity index (χ1n) is 17.2. The molecule has 0 fully saturated rings. The first-order chi connectivity index (χ1) is 21.2. The van der Waals surface area contributed by atoms with Gasteiger partial charge in [-0.2, -0.15) is 0 Å². The quantitative estimate of drug-likeness (QED) is 0.0606. The molecule has 0 aromatic rings. The largest absolute Gasteiger partial charge is 3.00 e. The van der Waals surface area contributed by atoms with E-state index in [0.29, 0.717) is 19.3 Å². The Hall–Kier alpha value is 3.03. The van der Waals surface area contributed by atoms with Gasteiger partial charge in [0.15, 0.2) is 0 Å². The Balaban J connectivity index is -0.000000184. The van der Waals surface area contributed by atoms with E-state index in [4.69, 9.17) is 0 Å². The van der Waals surface area contributed by atoms with Crippen LogP contribution in [0, 0.1) is 81.7 Å². The molecule has 0 aliphatic rings. The van der Waals surface area contributed by atoms with Crippen molar-refractivity contribution in [1.29, 1.82) is 0 Å². The zero-order chi connectivity index (χ0) is 34.7. The van der Waals surface area contributed by atoms with Crippen LogP contribution in [0.3, 0.4) is 0 Å². The number of phosphoric acid groups is 3. The van der Waals surface area contributed by atoms with E-state index in [9.17, 15) is 43.1 Å². The molecular formula is C30H63Nd2O12P3. The maximum Gasteiger partial charge on any atom is 3.00 e. The second-order valence-electron chi connectivity index (χ2n) is 11.3. The van der Waals surface area contributed by atoms with Crippen LogP contribution in [0.25, 0.3) is 0 Å². The second kappa shape index (κ2) is 43.4. The third-order valence-electron chi connectivity index (χ3n) is 6.74. The Morgan fingerprint density at radius 1 is 0.319 bits per heavy atom. The van der Waals surface area contributed by atoms with Gasteiger partial charge in [0.25, 0.3) is 0 Å². The first-order valence-corrected chi connectivity index (χ1v) is 21.6. The number of hydrogen-bond acceptors (Lipinski definition) is 12.